The van der Waals surface area contributed by atoms with Crippen molar-refractivity contribution in [3.8, 4) is 5.75 Å². The molecule has 0 aliphatic heterocycles. The van der Waals surface area contributed by atoms with Gasteiger partial charge in [-0.1, -0.05) is 49.6 Å². The second kappa shape index (κ2) is 14.2. The van der Waals surface area contributed by atoms with E-state index in [9.17, 15) is 28.1 Å². The topological polar surface area (TPSA) is 160 Å². The van der Waals surface area contributed by atoms with Gasteiger partial charge in [0.15, 0.2) is 11.5 Å². The van der Waals surface area contributed by atoms with E-state index >= 15 is 0 Å². The summed E-state index contributed by atoms with van der Waals surface area (Å²) in [7, 11) is -4.49. The predicted molar refractivity (Wildman–Crippen MR) is 157 cm³/mol. The molecule has 2 N–H and O–H groups in total. The molecule has 3 aromatic carbocycles. The third-order valence-corrected chi connectivity index (χ3v) is 8.41. The highest BCUT2D eigenvalue weighted by Gasteiger charge is 2.33. The number of para-hydroxylation sites is 2. The fraction of sp³-hybridized carbons (Fsp3) is 0.276. The first-order valence-electron chi connectivity index (χ1n) is 13.4. The zero-order chi connectivity index (χ0) is 30.0. The molecule has 0 radical (unpaired) electrons. The van der Waals surface area contributed by atoms with Crippen LogP contribution >= 0.6 is 0 Å². The van der Waals surface area contributed by atoms with Crippen molar-refractivity contribution in [3.63, 3.8) is 0 Å². The Kier molecular flexibility index (Phi) is 10.2. The van der Waals surface area contributed by atoms with Gasteiger partial charge in [-0.05, 0) is 60.9 Å². The van der Waals surface area contributed by atoms with E-state index in [-0.39, 0.29) is 24.2 Å². The van der Waals surface area contributed by atoms with E-state index in [4.69, 9.17) is 4.74 Å². The van der Waals surface area contributed by atoms with Gasteiger partial charge < -0.3 is 10.1 Å². The van der Waals surface area contributed by atoms with E-state index in [0.717, 1.165) is 42.1 Å². The van der Waals surface area contributed by atoms with E-state index in [1.165, 1.54) is 36.9 Å². The smallest absolute Gasteiger partial charge is 0.289 e. The highest BCUT2D eigenvalue weighted by molar-refractivity contribution is 7.93. The van der Waals surface area contributed by atoms with Crippen LogP contribution in [-0.4, -0.2) is 50.6 Å². The van der Waals surface area contributed by atoms with Crippen LogP contribution in [0, 0.1) is 10.1 Å². The van der Waals surface area contributed by atoms with Gasteiger partial charge in [0.1, 0.15) is 12.3 Å². The second-order valence-corrected chi connectivity index (χ2v) is 11.5. The van der Waals surface area contributed by atoms with Gasteiger partial charge in [0.25, 0.3) is 27.5 Å². The molecule has 0 heterocycles. The Labute approximate surface area is 243 Å². The zero-order valence-electron chi connectivity index (χ0n) is 22.7. The molecule has 1 aliphatic carbocycles. The summed E-state index contributed by atoms with van der Waals surface area (Å²) in [6.07, 6.45) is 6.80. The third kappa shape index (κ3) is 8.13. The van der Waals surface area contributed by atoms with Crippen LogP contribution in [0.5, 0.6) is 5.75 Å². The molecule has 0 bridgehead atoms. The number of nitrogens with zero attached hydrogens (tertiary/aromatic N) is 3. The maximum Gasteiger partial charge on any atom is 0.289 e. The summed E-state index contributed by atoms with van der Waals surface area (Å²) < 4.78 is 33.3. The Hall–Kier alpha value is -4.78. The molecule has 2 amide bonds. The van der Waals surface area contributed by atoms with Crippen LogP contribution in [0.1, 0.15) is 37.7 Å². The molecule has 0 atom stereocenters. The van der Waals surface area contributed by atoms with Crippen LogP contribution in [0.25, 0.3) is 0 Å². The number of rotatable bonds is 12. The number of amides is 2. The summed E-state index contributed by atoms with van der Waals surface area (Å²) in [5.41, 5.74) is 2.45. The Balaban J connectivity index is 1.36. The van der Waals surface area contributed by atoms with Crippen molar-refractivity contribution in [3.05, 3.63) is 94.5 Å². The molecule has 3 aromatic rings. The summed E-state index contributed by atoms with van der Waals surface area (Å²) >= 11 is 0. The highest BCUT2D eigenvalue weighted by Crippen LogP contribution is 2.29. The number of nitro groups is 1. The number of carbonyl (C=O) groups excluding carboxylic acids is 2. The molecule has 4 rings (SSSR count). The van der Waals surface area contributed by atoms with Crippen LogP contribution in [-0.2, 0) is 19.6 Å². The number of hydrogen-bond acceptors (Lipinski definition) is 8. The average Bonchev–Trinajstić information content (AvgIpc) is 3.00. The minimum Gasteiger partial charge on any atom is -0.484 e. The number of nitro benzene ring substituents is 1. The normalized spacial score (nSPS) is 13.8. The van der Waals surface area contributed by atoms with Crippen molar-refractivity contribution in [2.45, 2.75) is 43.0 Å². The van der Waals surface area contributed by atoms with E-state index in [1.54, 1.807) is 42.5 Å². The second-order valence-electron chi connectivity index (χ2n) is 9.63. The monoisotopic (exact) mass is 593 g/mol. The maximum absolute atomic E-state index is 13.5. The van der Waals surface area contributed by atoms with Gasteiger partial charge in [-0.3, -0.25) is 24.0 Å². The van der Waals surface area contributed by atoms with Gasteiger partial charge in [-0.15, -0.1) is 0 Å². The van der Waals surface area contributed by atoms with Crippen LogP contribution in [0.2, 0.25) is 0 Å². The molecular weight excluding hydrogens is 562 g/mol. The number of sulfonamides is 1. The number of anilines is 1. The fourth-order valence-electron chi connectivity index (χ4n) is 4.51. The molecule has 12 nitrogen and oxygen atoms in total. The van der Waals surface area contributed by atoms with Gasteiger partial charge in [0, 0.05) is 12.1 Å². The van der Waals surface area contributed by atoms with Gasteiger partial charge >= 0.3 is 0 Å². The van der Waals surface area contributed by atoms with Crippen molar-refractivity contribution in [1.82, 2.24) is 10.7 Å². The summed E-state index contributed by atoms with van der Waals surface area (Å²) in [5, 5.41) is 18.4. The summed E-state index contributed by atoms with van der Waals surface area (Å²) in [4.78, 5) is 35.0. The van der Waals surface area contributed by atoms with E-state index in [2.05, 4.69) is 15.8 Å². The number of nitrogens with one attached hydrogen (secondary N) is 2. The van der Waals surface area contributed by atoms with Crippen LogP contribution in [0.3, 0.4) is 0 Å². The fourth-order valence-corrected chi connectivity index (χ4v) is 6.10. The maximum atomic E-state index is 13.5. The van der Waals surface area contributed by atoms with Crippen molar-refractivity contribution in [2.75, 3.05) is 17.5 Å². The number of hydrogen-bond donors (Lipinski definition) is 2. The first-order chi connectivity index (χ1) is 20.2. The van der Waals surface area contributed by atoms with Crippen molar-refractivity contribution in [1.29, 1.82) is 0 Å². The lowest BCUT2D eigenvalue weighted by atomic mass is 9.95. The Morgan fingerprint density at radius 3 is 2.31 bits per heavy atom. The van der Waals surface area contributed by atoms with Crippen molar-refractivity contribution < 1.29 is 27.7 Å². The molecule has 13 heteroatoms. The third-order valence-electron chi connectivity index (χ3n) is 6.58. The lowest BCUT2D eigenvalue weighted by molar-refractivity contribution is -0.387. The number of benzene rings is 3. The Bertz CT molecular complexity index is 1520. The van der Waals surface area contributed by atoms with Crippen molar-refractivity contribution in [2.24, 2.45) is 5.10 Å². The SMILES string of the molecule is O=C(CN(c1ccccc1)S(=O)(=O)c1ccccc1[N+](=O)[O-])N/N=C\c1ccc(OCC(=O)NC2CCCCC2)cc1. The van der Waals surface area contributed by atoms with Gasteiger partial charge in [0.05, 0.1) is 16.8 Å². The molecule has 1 saturated carbocycles. The zero-order valence-corrected chi connectivity index (χ0v) is 23.5. The standard InChI is InChI=1S/C29H31N5O7S/c35-28(20-33(24-11-5-2-6-12-24)42(39,40)27-14-8-7-13-26(27)34(37)38)32-30-19-22-15-17-25(18-16-22)41-21-29(36)31-23-9-3-1-4-10-23/h2,5-8,11-19,23H,1,3-4,9-10,20-21H2,(H,31,36)(H,32,35)/b30-19-. The first kappa shape index (κ1) is 30.2. The van der Waals surface area contributed by atoms with Gasteiger partial charge in [-0.25, -0.2) is 13.8 Å². The first-order valence-corrected chi connectivity index (χ1v) is 14.8. The lowest BCUT2D eigenvalue weighted by Gasteiger charge is -2.23. The largest absolute Gasteiger partial charge is 0.484 e. The predicted octanol–water partition coefficient (Wildman–Crippen LogP) is 3.77. The summed E-state index contributed by atoms with van der Waals surface area (Å²) in [5.74, 6) is -0.432. The van der Waals surface area contributed by atoms with E-state index in [0.29, 0.717) is 11.3 Å². The van der Waals surface area contributed by atoms with E-state index in [1.807, 2.05) is 0 Å². The Morgan fingerprint density at radius 2 is 1.62 bits per heavy atom. The molecule has 0 aromatic heterocycles. The summed E-state index contributed by atoms with van der Waals surface area (Å²) in [6, 6.07) is 19.6. The highest BCUT2D eigenvalue weighted by atomic mass is 32.2. The number of hydrazone groups is 1. The van der Waals surface area contributed by atoms with Gasteiger partial charge in [-0.2, -0.15) is 5.10 Å². The molecule has 220 valence electrons. The van der Waals surface area contributed by atoms with Gasteiger partial charge in [0.2, 0.25) is 0 Å². The molecule has 1 fully saturated rings. The Morgan fingerprint density at radius 1 is 0.952 bits per heavy atom. The number of carbonyl (C=O) groups is 2. The molecule has 0 spiro atoms. The van der Waals surface area contributed by atoms with Crippen LogP contribution in [0.4, 0.5) is 11.4 Å². The minimum absolute atomic E-state index is 0.0903. The van der Waals surface area contributed by atoms with E-state index < -0.39 is 38.0 Å². The molecule has 42 heavy (non-hydrogen) atoms. The lowest BCUT2D eigenvalue weighted by Crippen LogP contribution is -2.39. The summed E-state index contributed by atoms with van der Waals surface area (Å²) in [6.45, 7) is -0.765. The van der Waals surface area contributed by atoms with Crippen LogP contribution in [0.15, 0.2) is 88.9 Å². The molecule has 1 aliphatic rings. The number of ether oxygens (including phenoxy) is 1. The minimum atomic E-state index is -4.49. The van der Waals surface area contributed by atoms with Crippen molar-refractivity contribution >= 4 is 39.4 Å². The quantitative estimate of drug-likeness (QED) is 0.184. The molecule has 0 unspecified atom stereocenters. The average molecular weight is 594 g/mol. The molecule has 0 saturated heterocycles. The van der Waals surface area contributed by atoms with Crippen LogP contribution < -0.4 is 19.8 Å². The molecular formula is C29H31N5O7S.